The largest absolute Gasteiger partial charge is 0.352 e. The van der Waals surface area contributed by atoms with Crippen LogP contribution in [0.5, 0.6) is 0 Å². The molecule has 0 saturated carbocycles. The molecule has 1 aliphatic rings. The Hall–Kier alpha value is -0.420. The first-order chi connectivity index (χ1) is 10.2. The normalized spacial score (nSPS) is 17.6. The topological polar surface area (TPSA) is 41.1 Å². The molecular formula is C16H24Cl2N2OS. The predicted octanol–water partition coefficient (Wildman–Crippen LogP) is 3.99. The van der Waals surface area contributed by atoms with Crippen LogP contribution in [0.4, 0.5) is 0 Å². The van der Waals surface area contributed by atoms with Crippen molar-refractivity contribution < 1.29 is 4.79 Å². The van der Waals surface area contributed by atoms with Crippen molar-refractivity contribution in [1.29, 1.82) is 0 Å². The highest BCUT2D eigenvalue weighted by atomic mass is 35.5. The second-order valence-corrected chi connectivity index (χ2v) is 7.07. The number of rotatable bonds is 6. The maximum absolute atomic E-state index is 12.3. The van der Waals surface area contributed by atoms with Gasteiger partial charge in [-0.05, 0) is 62.2 Å². The maximum Gasteiger partial charge on any atom is 0.252 e. The smallest absolute Gasteiger partial charge is 0.252 e. The third-order valence-electron chi connectivity index (χ3n) is 3.72. The van der Waals surface area contributed by atoms with E-state index in [4.69, 9.17) is 11.6 Å². The first kappa shape index (κ1) is 19.6. The number of benzene rings is 1. The van der Waals surface area contributed by atoms with Gasteiger partial charge >= 0.3 is 0 Å². The SMILES string of the molecule is CCSc1ccc(Cl)cc1C(=O)NCCC1CCCNC1.Cl. The Balaban J connectivity index is 0.00000242. The Bertz CT molecular complexity index is 479. The van der Waals surface area contributed by atoms with Crippen LogP contribution in [0.15, 0.2) is 23.1 Å². The van der Waals surface area contributed by atoms with Crippen LogP contribution in [0, 0.1) is 5.92 Å². The Kier molecular flexibility index (Phi) is 9.25. The van der Waals surface area contributed by atoms with Gasteiger partial charge in [0.2, 0.25) is 0 Å². The van der Waals surface area contributed by atoms with Gasteiger partial charge in [0.05, 0.1) is 5.56 Å². The molecule has 1 amide bonds. The van der Waals surface area contributed by atoms with Gasteiger partial charge in [-0.1, -0.05) is 18.5 Å². The quantitative estimate of drug-likeness (QED) is 0.751. The fourth-order valence-corrected chi connectivity index (χ4v) is 3.57. The fourth-order valence-electron chi connectivity index (χ4n) is 2.62. The Morgan fingerprint density at radius 3 is 3.00 bits per heavy atom. The summed E-state index contributed by atoms with van der Waals surface area (Å²) in [6.07, 6.45) is 3.54. The van der Waals surface area contributed by atoms with Gasteiger partial charge < -0.3 is 10.6 Å². The lowest BCUT2D eigenvalue weighted by molar-refractivity contribution is 0.0947. The maximum atomic E-state index is 12.3. The molecule has 124 valence electrons. The number of halogens is 2. The van der Waals surface area contributed by atoms with Gasteiger partial charge in [0.1, 0.15) is 0 Å². The fraction of sp³-hybridized carbons (Fsp3) is 0.562. The molecule has 0 bridgehead atoms. The van der Waals surface area contributed by atoms with E-state index in [-0.39, 0.29) is 18.3 Å². The van der Waals surface area contributed by atoms with Crippen molar-refractivity contribution in [3.05, 3.63) is 28.8 Å². The van der Waals surface area contributed by atoms with Crippen LogP contribution >= 0.6 is 35.8 Å². The lowest BCUT2D eigenvalue weighted by Crippen LogP contribution is -2.33. The molecule has 1 aliphatic heterocycles. The number of nitrogens with one attached hydrogen (secondary N) is 2. The Labute approximate surface area is 148 Å². The molecule has 0 spiro atoms. The summed E-state index contributed by atoms with van der Waals surface area (Å²) in [5, 5.41) is 7.05. The molecular weight excluding hydrogens is 339 g/mol. The van der Waals surface area contributed by atoms with E-state index in [2.05, 4.69) is 17.6 Å². The zero-order valence-electron chi connectivity index (χ0n) is 12.9. The molecule has 2 N–H and O–H groups in total. The third kappa shape index (κ3) is 5.99. The van der Waals surface area contributed by atoms with Crippen molar-refractivity contribution in [2.45, 2.75) is 31.1 Å². The number of hydrogen-bond donors (Lipinski definition) is 2. The van der Waals surface area contributed by atoms with Crippen LogP contribution < -0.4 is 10.6 Å². The van der Waals surface area contributed by atoms with Crippen molar-refractivity contribution >= 4 is 41.7 Å². The molecule has 6 heteroatoms. The van der Waals surface area contributed by atoms with Gasteiger partial charge in [-0.15, -0.1) is 24.2 Å². The summed E-state index contributed by atoms with van der Waals surface area (Å²) in [6.45, 7) is 5.01. The third-order valence-corrected chi connectivity index (χ3v) is 4.91. The standard InChI is InChI=1S/C16H23ClN2OS.ClH/c1-2-21-15-6-5-13(17)10-14(15)16(20)19-9-7-12-4-3-8-18-11-12;/h5-6,10,12,18H,2-4,7-9,11H2,1H3,(H,19,20);1H. The second-order valence-electron chi connectivity index (χ2n) is 5.33. The minimum Gasteiger partial charge on any atom is -0.352 e. The number of amides is 1. The van der Waals surface area contributed by atoms with Crippen molar-refractivity contribution in [2.24, 2.45) is 5.92 Å². The summed E-state index contributed by atoms with van der Waals surface area (Å²) >= 11 is 7.69. The van der Waals surface area contributed by atoms with Gasteiger partial charge in [-0.25, -0.2) is 0 Å². The summed E-state index contributed by atoms with van der Waals surface area (Å²) in [7, 11) is 0. The van der Waals surface area contributed by atoms with Crippen LogP contribution in [-0.2, 0) is 0 Å². The highest BCUT2D eigenvalue weighted by Gasteiger charge is 2.15. The van der Waals surface area contributed by atoms with E-state index in [0.717, 1.165) is 36.7 Å². The molecule has 1 aromatic rings. The van der Waals surface area contributed by atoms with Crippen molar-refractivity contribution in [1.82, 2.24) is 10.6 Å². The summed E-state index contributed by atoms with van der Waals surface area (Å²) in [5.74, 6) is 1.61. The number of thioether (sulfide) groups is 1. The number of hydrogen-bond acceptors (Lipinski definition) is 3. The zero-order valence-corrected chi connectivity index (χ0v) is 15.3. The van der Waals surface area contributed by atoms with E-state index in [0.29, 0.717) is 16.5 Å². The second kappa shape index (κ2) is 10.4. The first-order valence-corrected chi connectivity index (χ1v) is 8.98. The van der Waals surface area contributed by atoms with E-state index in [1.54, 1.807) is 17.8 Å². The van der Waals surface area contributed by atoms with Crippen LogP contribution in [0.25, 0.3) is 0 Å². The van der Waals surface area contributed by atoms with Gasteiger partial charge in [-0.3, -0.25) is 4.79 Å². The molecule has 2 rings (SSSR count). The molecule has 1 saturated heterocycles. The molecule has 0 aromatic heterocycles. The van der Waals surface area contributed by atoms with Gasteiger partial charge in [0.15, 0.2) is 0 Å². The first-order valence-electron chi connectivity index (χ1n) is 7.62. The number of carbonyl (C=O) groups is 1. The van der Waals surface area contributed by atoms with Crippen molar-refractivity contribution in [2.75, 3.05) is 25.4 Å². The minimum atomic E-state index is -0.0165. The molecule has 3 nitrogen and oxygen atoms in total. The van der Waals surface area contributed by atoms with Crippen LogP contribution in [0.2, 0.25) is 5.02 Å². The van der Waals surface area contributed by atoms with Crippen molar-refractivity contribution in [3.8, 4) is 0 Å². The predicted molar refractivity (Wildman–Crippen MR) is 97.6 cm³/mol. The van der Waals surface area contributed by atoms with Gasteiger partial charge in [-0.2, -0.15) is 0 Å². The molecule has 1 unspecified atom stereocenters. The van der Waals surface area contributed by atoms with E-state index >= 15 is 0 Å². The molecule has 0 radical (unpaired) electrons. The molecule has 1 heterocycles. The molecule has 22 heavy (non-hydrogen) atoms. The lowest BCUT2D eigenvalue weighted by atomic mass is 9.96. The minimum absolute atomic E-state index is 0. The molecule has 1 aromatic carbocycles. The molecule has 1 fully saturated rings. The van der Waals surface area contributed by atoms with Crippen molar-refractivity contribution in [3.63, 3.8) is 0 Å². The Morgan fingerprint density at radius 1 is 1.50 bits per heavy atom. The van der Waals surface area contributed by atoms with E-state index < -0.39 is 0 Å². The molecule has 0 aliphatic carbocycles. The van der Waals surface area contributed by atoms with Crippen LogP contribution in [-0.4, -0.2) is 31.3 Å². The zero-order chi connectivity index (χ0) is 15.1. The lowest BCUT2D eigenvalue weighted by Gasteiger charge is -2.22. The number of piperidine rings is 1. The monoisotopic (exact) mass is 362 g/mol. The summed E-state index contributed by atoms with van der Waals surface area (Å²) < 4.78 is 0. The summed E-state index contributed by atoms with van der Waals surface area (Å²) in [4.78, 5) is 13.3. The Morgan fingerprint density at radius 2 is 2.32 bits per heavy atom. The van der Waals surface area contributed by atoms with Crippen LogP contribution in [0.1, 0.15) is 36.5 Å². The van der Waals surface area contributed by atoms with Gasteiger partial charge in [0.25, 0.3) is 5.91 Å². The van der Waals surface area contributed by atoms with E-state index in [1.165, 1.54) is 12.8 Å². The van der Waals surface area contributed by atoms with E-state index in [1.807, 2.05) is 12.1 Å². The average molecular weight is 363 g/mol. The van der Waals surface area contributed by atoms with Crippen LogP contribution in [0.3, 0.4) is 0 Å². The summed E-state index contributed by atoms with van der Waals surface area (Å²) in [5.41, 5.74) is 0.691. The van der Waals surface area contributed by atoms with Gasteiger partial charge in [0, 0.05) is 16.5 Å². The van der Waals surface area contributed by atoms with E-state index in [9.17, 15) is 4.79 Å². The highest BCUT2D eigenvalue weighted by Crippen LogP contribution is 2.25. The average Bonchev–Trinajstić information content (AvgIpc) is 2.50. The summed E-state index contributed by atoms with van der Waals surface area (Å²) in [6, 6.07) is 5.53. The molecule has 1 atom stereocenters. The highest BCUT2D eigenvalue weighted by molar-refractivity contribution is 7.99. The number of carbonyl (C=O) groups excluding carboxylic acids is 1.